The summed E-state index contributed by atoms with van der Waals surface area (Å²) >= 11 is 5.98. The van der Waals surface area contributed by atoms with Crippen LogP contribution in [0.4, 0.5) is 11.4 Å². The second-order valence-corrected chi connectivity index (χ2v) is 6.42. The lowest BCUT2D eigenvalue weighted by Crippen LogP contribution is -2.28. The minimum atomic E-state index is -0.482. The molecule has 0 saturated heterocycles. The summed E-state index contributed by atoms with van der Waals surface area (Å²) < 4.78 is 0. The van der Waals surface area contributed by atoms with Crippen molar-refractivity contribution in [2.75, 3.05) is 24.3 Å². The van der Waals surface area contributed by atoms with Gasteiger partial charge in [-0.05, 0) is 42.5 Å². The van der Waals surface area contributed by atoms with Gasteiger partial charge in [0, 0.05) is 18.4 Å². The van der Waals surface area contributed by atoms with E-state index in [0.29, 0.717) is 11.4 Å². The molecule has 0 bridgehead atoms. The highest BCUT2D eigenvalue weighted by molar-refractivity contribution is 6.34. The van der Waals surface area contributed by atoms with E-state index in [0.717, 1.165) is 0 Å². The van der Waals surface area contributed by atoms with E-state index in [4.69, 9.17) is 11.6 Å². The fourth-order valence-corrected chi connectivity index (χ4v) is 2.83. The highest BCUT2D eigenvalue weighted by atomic mass is 35.5. The molecule has 1 aliphatic rings. The topological polar surface area (TPSA) is 132 Å². The van der Waals surface area contributed by atoms with E-state index in [-0.39, 0.29) is 34.4 Å². The van der Waals surface area contributed by atoms with Crippen LogP contribution in [0.15, 0.2) is 53.9 Å². The molecule has 1 aliphatic heterocycles. The Kier molecular flexibility index (Phi) is 5.89. The van der Waals surface area contributed by atoms with Crippen LogP contribution < -0.4 is 26.6 Å². The fraction of sp³-hybridized carbons (Fsp3) is 0.105. The minimum absolute atomic E-state index is 0.0712. The number of hydrogen-bond acceptors (Lipinski definition) is 6. The molecule has 3 rings (SSSR count). The second-order valence-electron chi connectivity index (χ2n) is 6.01. The van der Waals surface area contributed by atoms with Gasteiger partial charge in [0.05, 0.1) is 17.3 Å². The van der Waals surface area contributed by atoms with Crippen LogP contribution in [0.2, 0.25) is 5.02 Å². The first kappa shape index (κ1) is 20.0. The van der Waals surface area contributed by atoms with Gasteiger partial charge in [0.2, 0.25) is 0 Å². The van der Waals surface area contributed by atoms with Crippen molar-refractivity contribution in [1.29, 1.82) is 0 Å². The van der Waals surface area contributed by atoms with Crippen molar-refractivity contribution in [3.63, 3.8) is 0 Å². The summed E-state index contributed by atoms with van der Waals surface area (Å²) in [5.41, 5.74) is 1.38. The predicted octanol–water partition coefficient (Wildman–Crippen LogP) is 1.34. The lowest BCUT2D eigenvalue weighted by atomic mass is 10.2. The van der Waals surface area contributed by atoms with Crippen molar-refractivity contribution < 1.29 is 19.5 Å². The monoisotopic (exact) mass is 415 g/mol. The molecule has 0 unspecified atom stereocenters. The molecule has 0 atom stereocenters. The van der Waals surface area contributed by atoms with Crippen molar-refractivity contribution >= 4 is 40.7 Å². The first-order valence-electron chi connectivity index (χ1n) is 8.54. The van der Waals surface area contributed by atoms with E-state index < -0.39 is 17.7 Å². The van der Waals surface area contributed by atoms with Crippen LogP contribution >= 0.6 is 11.6 Å². The molecular formula is C19H18ClN5O4. The van der Waals surface area contributed by atoms with E-state index in [1.807, 2.05) is 0 Å². The summed E-state index contributed by atoms with van der Waals surface area (Å²) in [6.07, 6.45) is 0. The Hall–Kier alpha value is -3.72. The van der Waals surface area contributed by atoms with E-state index in [9.17, 15) is 19.5 Å². The summed E-state index contributed by atoms with van der Waals surface area (Å²) in [4.78, 5) is 36.5. The molecule has 10 heteroatoms. The number of amides is 3. The van der Waals surface area contributed by atoms with Gasteiger partial charge in [-0.3, -0.25) is 14.4 Å². The third kappa shape index (κ3) is 4.58. The van der Waals surface area contributed by atoms with E-state index >= 15 is 0 Å². The molecule has 2 aromatic carbocycles. The smallest absolute Gasteiger partial charge is 0.274 e. The fourth-order valence-electron chi connectivity index (χ4n) is 2.63. The van der Waals surface area contributed by atoms with Crippen LogP contribution in [0.25, 0.3) is 0 Å². The second kappa shape index (κ2) is 8.53. The van der Waals surface area contributed by atoms with E-state index in [1.54, 1.807) is 24.3 Å². The number of phenolic OH excluding ortho intramolecular Hbond substituents is 1. The number of anilines is 2. The predicted molar refractivity (Wildman–Crippen MR) is 108 cm³/mol. The molecule has 3 amide bonds. The van der Waals surface area contributed by atoms with Crippen LogP contribution in [0.3, 0.4) is 0 Å². The average molecular weight is 416 g/mol. The zero-order valence-electron chi connectivity index (χ0n) is 15.3. The van der Waals surface area contributed by atoms with Crippen molar-refractivity contribution in [3.05, 3.63) is 64.4 Å². The highest BCUT2D eigenvalue weighted by Crippen LogP contribution is 2.23. The first-order chi connectivity index (χ1) is 13.9. The van der Waals surface area contributed by atoms with Crippen molar-refractivity contribution in [2.45, 2.75) is 0 Å². The minimum Gasteiger partial charge on any atom is -0.508 e. The van der Waals surface area contributed by atoms with Gasteiger partial charge in [0.1, 0.15) is 17.1 Å². The zero-order chi connectivity index (χ0) is 21.0. The van der Waals surface area contributed by atoms with Gasteiger partial charge in [-0.25, -0.2) is 0 Å². The van der Waals surface area contributed by atoms with Crippen LogP contribution in [0, 0.1) is 0 Å². The molecule has 2 aromatic rings. The molecule has 0 fully saturated rings. The summed E-state index contributed by atoms with van der Waals surface area (Å²) in [5.74, 6) is -1.43. The van der Waals surface area contributed by atoms with Gasteiger partial charge in [-0.2, -0.15) is 0 Å². The zero-order valence-corrected chi connectivity index (χ0v) is 16.1. The lowest BCUT2D eigenvalue weighted by molar-refractivity contribution is -0.118. The maximum absolute atomic E-state index is 12.4. The van der Waals surface area contributed by atoms with Gasteiger partial charge in [0.15, 0.2) is 0 Å². The summed E-state index contributed by atoms with van der Waals surface area (Å²) in [5, 5.41) is 23.1. The molecule has 150 valence electrons. The quantitative estimate of drug-likeness (QED) is 0.437. The molecule has 0 saturated carbocycles. The Labute approximate surface area is 171 Å². The molecule has 0 spiro atoms. The molecule has 0 aliphatic carbocycles. The van der Waals surface area contributed by atoms with E-state index in [1.165, 1.54) is 25.2 Å². The number of likely N-dealkylation sites (N-methyl/N-ethyl adjacent to an activating group) is 1. The van der Waals surface area contributed by atoms with Gasteiger partial charge >= 0.3 is 0 Å². The number of phenols is 1. The molecule has 0 radical (unpaired) electrons. The number of carbonyl (C=O) groups excluding carboxylic acids is 3. The molecule has 6 N–H and O–H groups in total. The Morgan fingerprint density at radius 2 is 1.45 bits per heavy atom. The molecule has 29 heavy (non-hydrogen) atoms. The van der Waals surface area contributed by atoms with Crippen LogP contribution in [-0.2, 0) is 9.59 Å². The summed E-state index contributed by atoms with van der Waals surface area (Å²) in [6.45, 7) is 0.272. The highest BCUT2D eigenvalue weighted by Gasteiger charge is 2.24. The number of halogens is 1. The summed E-state index contributed by atoms with van der Waals surface area (Å²) in [7, 11) is 1.47. The average Bonchev–Trinajstić information content (AvgIpc) is 3.20. The largest absolute Gasteiger partial charge is 0.508 e. The lowest BCUT2D eigenvalue weighted by Gasteiger charge is -2.10. The van der Waals surface area contributed by atoms with Crippen LogP contribution in [0.1, 0.15) is 10.4 Å². The standard InChI is InChI=1S/C19H18ClN5O4/c1-21-18(28)15-16(23-9-22-15)19(29)25-11-4-2-10(3-5-11)24-17(27)13-8-12(26)6-7-14(13)20/h2-8,22-23,26H,9H2,1H3,(H,21,28)(H,24,27)(H,25,29). The van der Waals surface area contributed by atoms with E-state index in [2.05, 4.69) is 26.6 Å². The number of aromatic hydroxyl groups is 1. The van der Waals surface area contributed by atoms with Crippen molar-refractivity contribution in [2.24, 2.45) is 0 Å². The number of benzene rings is 2. The van der Waals surface area contributed by atoms with Crippen LogP contribution in [-0.4, -0.2) is 36.5 Å². The SMILES string of the molecule is CNC(=O)C1=C(C(=O)Nc2ccc(NC(=O)c3cc(O)ccc3Cl)cc2)NCN1. The molecule has 1 heterocycles. The third-order valence-corrected chi connectivity index (χ3v) is 4.39. The molecular weight excluding hydrogens is 398 g/mol. The number of rotatable bonds is 5. The van der Waals surface area contributed by atoms with Crippen LogP contribution in [0.5, 0.6) is 5.75 Å². The Bertz CT molecular complexity index is 1000. The Balaban J connectivity index is 1.67. The van der Waals surface area contributed by atoms with Gasteiger partial charge in [-0.15, -0.1) is 0 Å². The van der Waals surface area contributed by atoms with Gasteiger partial charge in [-0.1, -0.05) is 11.6 Å². The Morgan fingerprint density at radius 1 is 0.897 bits per heavy atom. The van der Waals surface area contributed by atoms with Gasteiger partial charge in [0.25, 0.3) is 17.7 Å². The molecule has 9 nitrogen and oxygen atoms in total. The number of carbonyl (C=O) groups is 3. The Morgan fingerprint density at radius 3 is 2.03 bits per heavy atom. The third-order valence-electron chi connectivity index (χ3n) is 4.06. The number of hydrogen-bond donors (Lipinski definition) is 6. The maximum Gasteiger partial charge on any atom is 0.274 e. The summed E-state index contributed by atoms with van der Waals surface area (Å²) in [6, 6.07) is 10.5. The first-order valence-corrected chi connectivity index (χ1v) is 8.92. The number of nitrogens with one attached hydrogen (secondary N) is 5. The van der Waals surface area contributed by atoms with Gasteiger partial charge < -0.3 is 31.7 Å². The van der Waals surface area contributed by atoms with Crippen molar-refractivity contribution in [3.8, 4) is 5.75 Å². The van der Waals surface area contributed by atoms with Crippen molar-refractivity contribution in [1.82, 2.24) is 16.0 Å². The normalized spacial score (nSPS) is 12.6. The molecule has 0 aromatic heterocycles. The maximum atomic E-state index is 12.4.